The van der Waals surface area contributed by atoms with E-state index < -0.39 is 10.0 Å². The maximum Gasteiger partial charge on any atom is 0.246 e. The van der Waals surface area contributed by atoms with Crippen molar-refractivity contribution in [2.75, 3.05) is 13.1 Å². The molecule has 0 N–H and O–H groups in total. The summed E-state index contributed by atoms with van der Waals surface area (Å²) in [5, 5.41) is 3.90. The Balaban J connectivity index is 2.20. The van der Waals surface area contributed by atoms with Crippen molar-refractivity contribution in [2.24, 2.45) is 13.0 Å². The van der Waals surface area contributed by atoms with Gasteiger partial charge in [0.2, 0.25) is 10.0 Å². The highest BCUT2D eigenvalue weighted by atomic mass is 32.2. The summed E-state index contributed by atoms with van der Waals surface area (Å²) in [6.07, 6.45) is 4.85. The molecule has 6 heteroatoms. The first-order valence-electron chi connectivity index (χ1n) is 5.49. The fourth-order valence-electron chi connectivity index (χ4n) is 1.91. The first kappa shape index (κ1) is 11.6. The predicted octanol–water partition coefficient (Wildman–Crippen LogP) is 0.841. The van der Waals surface area contributed by atoms with Crippen LogP contribution in [0.25, 0.3) is 0 Å². The molecule has 1 aliphatic rings. The molecule has 0 aromatic carbocycles. The molecular formula is C10H17N3O2S. The third-order valence-corrected chi connectivity index (χ3v) is 4.91. The van der Waals surface area contributed by atoms with Crippen LogP contribution in [0.2, 0.25) is 0 Å². The largest absolute Gasteiger partial charge is 0.274 e. The van der Waals surface area contributed by atoms with Crippen LogP contribution in [-0.4, -0.2) is 35.6 Å². The van der Waals surface area contributed by atoms with Gasteiger partial charge in [-0.2, -0.15) is 9.40 Å². The monoisotopic (exact) mass is 243 g/mol. The van der Waals surface area contributed by atoms with Crippen molar-refractivity contribution in [3.63, 3.8) is 0 Å². The topological polar surface area (TPSA) is 55.2 Å². The SMILES string of the molecule is CC1CCN(S(=O)(=O)c2cnn(C)c2)CC1. The van der Waals surface area contributed by atoms with Gasteiger partial charge in [-0.15, -0.1) is 0 Å². The first-order valence-corrected chi connectivity index (χ1v) is 6.93. The molecular weight excluding hydrogens is 226 g/mol. The second kappa shape index (κ2) is 4.18. The molecule has 0 atom stereocenters. The highest BCUT2D eigenvalue weighted by Gasteiger charge is 2.28. The zero-order valence-electron chi connectivity index (χ0n) is 9.63. The second-order valence-corrected chi connectivity index (χ2v) is 6.37. The van der Waals surface area contributed by atoms with Crippen LogP contribution in [0.1, 0.15) is 19.8 Å². The van der Waals surface area contributed by atoms with Gasteiger partial charge < -0.3 is 0 Å². The maximum atomic E-state index is 12.2. The lowest BCUT2D eigenvalue weighted by Crippen LogP contribution is -2.37. The van der Waals surface area contributed by atoms with Gasteiger partial charge in [-0.25, -0.2) is 8.42 Å². The van der Waals surface area contributed by atoms with E-state index in [0.717, 1.165) is 12.8 Å². The van der Waals surface area contributed by atoms with Crippen molar-refractivity contribution in [2.45, 2.75) is 24.7 Å². The van der Waals surface area contributed by atoms with E-state index in [1.807, 2.05) is 0 Å². The Kier molecular flexibility index (Phi) is 3.03. The van der Waals surface area contributed by atoms with Gasteiger partial charge in [0.05, 0.1) is 6.20 Å². The summed E-state index contributed by atoms with van der Waals surface area (Å²) in [5.41, 5.74) is 0. The van der Waals surface area contributed by atoms with E-state index in [4.69, 9.17) is 0 Å². The average Bonchev–Trinajstić information content (AvgIpc) is 2.66. The quantitative estimate of drug-likeness (QED) is 0.773. The zero-order valence-corrected chi connectivity index (χ0v) is 10.4. The van der Waals surface area contributed by atoms with Crippen LogP contribution in [0.15, 0.2) is 17.3 Å². The van der Waals surface area contributed by atoms with Gasteiger partial charge in [0.15, 0.2) is 0 Å². The fraction of sp³-hybridized carbons (Fsp3) is 0.700. The minimum atomic E-state index is -3.31. The van der Waals surface area contributed by atoms with E-state index >= 15 is 0 Å². The lowest BCUT2D eigenvalue weighted by atomic mass is 10.0. The molecule has 0 aliphatic carbocycles. The lowest BCUT2D eigenvalue weighted by molar-refractivity contribution is 0.288. The average molecular weight is 243 g/mol. The minimum Gasteiger partial charge on any atom is -0.274 e. The number of nitrogens with zero attached hydrogens (tertiary/aromatic N) is 3. The zero-order chi connectivity index (χ0) is 11.8. The molecule has 0 saturated carbocycles. The molecule has 5 nitrogen and oxygen atoms in total. The number of aromatic nitrogens is 2. The molecule has 1 saturated heterocycles. The number of piperidine rings is 1. The van der Waals surface area contributed by atoms with Gasteiger partial charge in [-0.05, 0) is 18.8 Å². The van der Waals surface area contributed by atoms with Crippen LogP contribution < -0.4 is 0 Å². The number of hydrogen-bond donors (Lipinski definition) is 0. The lowest BCUT2D eigenvalue weighted by Gasteiger charge is -2.28. The van der Waals surface area contributed by atoms with E-state index in [9.17, 15) is 8.42 Å². The molecule has 1 aliphatic heterocycles. The molecule has 1 aromatic heterocycles. The Morgan fingerprint density at radius 1 is 1.38 bits per heavy atom. The molecule has 0 bridgehead atoms. The van der Waals surface area contributed by atoms with Gasteiger partial charge >= 0.3 is 0 Å². The van der Waals surface area contributed by atoms with Crippen molar-refractivity contribution >= 4 is 10.0 Å². The summed E-state index contributed by atoms with van der Waals surface area (Å²) < 4.78 is 27.4. The molecule has 0 spiro atoms. The molecule has 2 heterocycles. The van der Waals surface area contributed by atoms with E-state index in [0.29, 0.717) is 23.9 Å². The molecule has 90 valence electrons. The first-order chi connectivity index (χ1) is 7.50. The second-order valence-electron chi connectivity index (χ2n) is 4.44. The Labute approximate surface area is 96.1 Å². The number of sulfonamides is 1. The van der Waals surface area contributed by atoms with Crippen LogP contribution in [0.3, 0.4) is 0 Å². The van der Waals surface area contributed by atoms with E-state index in [1.165, 1.54) is 10.9 Å². The van der Waals surface area contributed by atoms with Crippen LogP contribution in [0.5, 0.6) is 0 Å². The smallest absolute Gasteiger partial charge is 0.246 e. The Morgan fingerprint density at radius 3 is 2.50 bits per heavy atom. The molecule has 0 radical (unpaired) electrons. The van der Waals surface area contributed by atoms with Crippen molar-refractivity contribution < 1.29 is 8.42 Å². The molecule has 1 aromatic rings. The fourth-order valence-corrected chi connectivity index (χ4v) is 3.36. The van der Waals surface area contributed by atoms with Crippen LogP contribution in [-0.2, 0) is 17.1 Å². The van der Waals surface area contributed by atoms with Crippen LogP contribution >= 0.6 is 0 Å². The molecule has 0 amide bonds. The van der Waals surface area contributed by atoms with Crippen molar-refractivity contribution in [3.8, 4) is 0 Å². The van der Waals surface area contributed by atoms with Gasteiger partial charge in [0.25, 0.3) is 0 Å². The van der Waals surface area contributed by atoms with E-state index in [2.05, 4.69) is 12.0 Å². The Morgan fingerprint density at radius 2 is 2.00 bits per heavy atom. The van der Waals surface area contributed by atoms with E-state index in [-0.39, 0.29) is 0 Å². The normalized spacial score (nSPS) is 20.1. The number of rotatable bonds is 2. The van der Waals surface area contributed by atoms with Gasteiger partial charge in [-0.3, -0.25) is 4.68 Å². The van der Waals surface area contributed by atoms with Gasteiger partial charge in [0, 0.05) is 26.3 Å². The summed E-state index contributed by atoms with van der Waals surface area (Å²) in [7, 11) is -1.60. The number of aryl methyl sites for hydroxylation is 1. The Hall–Kier alpha value is -0.880. The predicted molar refractivity (Wildman–Crippen MR) is 60.4 cm³/mol. The summed E-state index contributed by atoms with van der Waals surface area (Å²) in [6.45, 7) is 3.41. The van der Waals surface area contributed by atoms with Crippen molar-refractivity contribution in [1.29, 1.82) is 0 Å². The Bertz CT molecular complexity index is 458. The van der Waals surface area contributed by atoms with Crippen LogP contribution in [0, 0.1) is 5.92 Å². The third-order valence-electron chi connectivity index (χ3n) is 3.06. The van der Waals surface area contributed by atoms with Crippen LogP contribution in [0.4, 0.5) is 0 Å². The standard InChI is InChI=1S/C10H17N3O2S/c1-9-3-5-13(6-4-9)16(14,15)10-7-11-12(2)8-10/h7-9H,3-6H2,1-2H3. The molecule has 1 fully saturated rings. The third kappa shape index (κ3) is 2.12. The summed E-state index contributed by atoms with van der Waals surface area (Å²) in [5.74, 6) is 0.625. The highest BCUT2D eigenvalue weighted by Crippen LogP contribution is 2.22. The highest BCUT2D eigenvalue weighted by molar-refractivity contribution is 7.89. The molecule has 0 unspecified atom stereocenters. The number of hydrogen-bond acceptors (Lipinski definition) is 3. The van der Waals surface area contributed by atoms with Crippen molar-refractivity contribution in [1.82, 2.24) is 14.1 Å². The minimum absolute atomic E-state index is 0.296. The van der Waals surface area contributed by atoms with Crippen molar-refractivity contribution in [3.05, 3.63) is 12.4 Å². The molecule has 2 rings (SSSR count). The van der Waals surface area contributed by atoms with E-state index in [1.54, 1.807) is 17.5 Å². The summed E-state index contributed by atoms with van der Waals surface area (Å²) >= 11 is 0. The summed E-state index contributed by atoms with van der Waals surface area (Å²) in [6, 6.07) is 0. The summed E-state index contributed by atoms with van der Waals surface area (Å²) in [4.78, 5) is 0.296. The molecule has 16 heavy (non-hydrogen) atoms. The maximum absolute atomic E-state index is 12.2. The van der Waals surface area contributed by atoms with Gasteiger partial charge in [0.1, 0.15) is 4.90 Å². The van der Waals surface area contributed by atoms with Gasteiger partial charge in [-0.1, -0.05) is 6.92 Å².